The first kappa shape index (κ1) is 34.2. The van der Waals surface area contributed by atoms with Gasteiger partial charge in [-0.1, -0.05) is 17.7 Å². The minimum Gasteiger partial charge on any atom is -0.457 e. The van der Waals surface area contributed by atoms with Gasteiger partial charge in [0, 0.05) is 11.1 Å². The van der Waals surface area contributed by atoms with Crippen molar-refractivity contribution in [3.8, 4) is 34.5 Å². The van der Waals surface area contributed by atoms with Gasteiger partial charge >= 0.3 is 0 Å². The van der Waals surface area contributed by atoms with Gasteiger partial charge in [-0.2, -0.15) is 0 Å². The molecule has 11 heteroatoms. The summed E-state index contributed by atoms with van der Waals surface area (Å²) < 4.78 is 44.3. The van der Waals surface area contributed by atoms with Crippen LogP contribution in [0.15, 0.2) is 143 Å². The van der Waals surface area contributed by atoms with Crippen molar-refractivity contribution in [1.82, 2.24) is 0 Å². The van der Waals surface area contributed by atoms with Gasteiger partial charge in [-0.05, 0) is 135 Å². The van der Waals surface area contributed by atoms with Crippen LogP contribution in [0.2, 0.25) is 0 Å². The second kappa shape index (κ2) is 13.3. The maximum atomic E-state index is 13.5. The predicted molar refractivity (Wildman–Crippen MR) is 198 cm³/mol. The molecule has 0 bridgehead atoms. The van der Waals surface area contributed by atoms with Gasteiger partial charge in [0.1, 0.15) is 34.5 Å². The summed E-state index contributed by atoms with van der Waals surface area (Å²) in [6.45, 7) is 3.55. The molecular formula is C43H29NO9S. The van der Waals surface area contributed by atoms with Crippen molar-refractivity contribution in [3.05, 3.63) is 161 Å². The van der Waals surface area contributed by atoms with Crippen molar-refractivity contribution < 1.29 is 41.8 Å². The van der Waals surface area contributed by atoms with E-state index in [0.717, 1.165) is 10.5 Å². The number of anilines is 1. The number of Topliss-reactive ketones (excluding diaryl/α,β-unsaturated/α-hetero) is 2. The van der Waals surface area contributed by atoms with Crippen LogP contribution < -0.4 is 19.1 Å². The summed E-state index contributed by atoms with van der Waals surface area (Å²) in [5, 5.41) is 0. The Kier molecular flexibility index (Phi) is 8.43. The number of carbonyl (C=O) groups is 4. The number of ketones is 2. The van der Waals surface area contributed by atoms with E-state index in [4.69, 9.17) is 14.2 Å². The first-order valence-electron chi connectivity index (χ1n) is 16.9. The molecule has 0 spiro atoms. The summed E-state index contributed by atoms with van der Waals surface area (Å²) in [6, 6.07) is 35.3. The molecule has 0 N–H and O–H groups in total. The second-order valence-corrected chi connectivity index (χ2v) is 14.8. The number of amides is 2. The van der Waals surface area contributed by atoms with Crippen LogP contribution in [0.1, 0.15) is 53.9 Å². The zero-order valence-corrected chi connectivity index (χ0v) is 29.6. The molecule has 0 radical (unpaired) electrons. The van der Waals surface area contributed by atoms with E-state index in [2.05, 4.69) is 0 Å². The fourth-order valence-corrected chi connectivity index (χ4v) is 7.56. The molecule has 10 nitrogen and oxygen atoms in total. The number of ether oxygens (including phenoxy) is 3. The third-order valence-corrected chi connectivity index (χ3v) is 11.0. The molecule has 0 fully saturated rings. The van der Waals surface area contributed by atoms with Crippen LogP contribution in [0.25, 0.3) is 0 Å². The van der Waals surface area contributed by atoms with Gasteiger partial charge in [-0.25, -0.2) is 13.3 Å². The largest absolute Gasteiger partial charge is 0.457 e. The van der Waals surface area contributed by atoms with E-state index in [-0.39, 0.29) is 38.2 Å². The molecule has 0 saturated heterocycles. The molecule has 6 aromatic carbocycles. The zero-order valence-electron chi connectivity index (χ0n) is 28.8. The molecule has 0 aromatic heterocycles. The summed E-state index contributed by atoms with van der Waals surface area (Å²) >= 11 is 0. The Hall–Kier alpha value is -6.85. The Morgan fingerprint density at radius 1 is 0.463 bits per heavy atom. The number of hydrogen-bond acceptors (Lipinski definition) is 9. The summed E-state index contributed by atoms with van der Waals surface area (Å²) in [5.74, 6) is 0.268. The average Bonchev–Trinajstić information content (AvgIpc) is 3.55. The number of aryl methyl sites for hydroxylation is 1. The Morgan fingerprint density at radius 2 is 0.852 bits per heavy atom. The number of rotatable bonds is 9. The fraction of sp³-hybridized carbons (Fsp3) is 0.0698. The van der Waals surface area contributed by atoms with Crippen molar-refractivity contribution in [2.24, 2.45) is 5.92 Å². The lowest BCUT2D eigenvalue weighted by atomic mass is 10.1. The number of carbonyl (C=O) groups excluding carboxylic acids is 4. The van der Waals surface area contributed by atoms with Crippen LogP contribution in [-0.4, -0.2) is 31.8 Å². The quantitative estimate of drug-likeness (QED) is 0.105. The minimum absolute atomic E-state index is 0.0880. The first-order chi connectivity index (χ1) is 26.0. The molecule has 6 aromatic rings. The van der Waals surface area contributed by atoms with Gasteiger partial charge < -0.3 is 14.2 Å². The molecule has 1 heterocycles. The maximum Gasteiger partial charge on any atom is 0.266 e. The molecule has 54 heavy (non-hydrogen) atoms. The lowest BCUT2D eigenvalue weighted by molar-refractivity contribution is 0.0848. The maximum absolute atomic E-state index is 13.5. The van der Waals surface area contributed by atoms with Crippen molar-refractivity contribution in [1.29, 1.82) is 0 Å². The summed E-state index contributed by atoms with van der Waals surface area (Å²) in [5.41, 5.74) is 2.44. The normalized spacial score (nSPS) is 14.9. The van der Waals surface area contributed by atoms with Crippen molar-refractivity contribution >= 4 is 38.9 Å². The minimum atomic E-state index is -3.81. The second-order valence-electron chi connectivity index (χ2n) is 12.9. The van der Waals surface area contributed by atoms with Crippen molar-refractivity contribution in [2.75, 3.05) is 4.90 Å². The Bertz CT molecular complexity index is 2620. The number of benzene rings is 6. The van der Waals surface area contributed by atoms with Gasteiger partial charge in [-0.3, -0.25) is 19.2 Å². The van der Waals surface area contributed by atoms with Gasteiger partial charge in [0.05, 0.1) is 32.5 Å². The van der Waals surface area contributed by atoms with Crippen LogP contribution in [0.3, 0.4) is 0 Å². The smallest absolute Gasteiger partial charge is 0.266 e. The summed E-state index contributed by atoms with van der Waals surface area (Å²) in [7, 11) is -3.81. The number of nitrogens with zero attached hydrogens (tertiary/aromatic N) is 1. The molecule has 1 atom stereocenters. The number of sulfone groups is 1. The van der Waals surface area contributed by atoms with Crippen LogP contribution in [0, 0.1) is 12.8 Å². The van der Waals surface area contributed by atoms with Crippen LogP contribution in [0.4, 0.5) is 5.69 Å². The van der Waals surface area contributed by atoms with E-state index >= 15 is 0 Å². The number of imide groups is 1. The average molecular weight is 736 g/mol. The third kappa shape index (κ3) is 6.20. The molecule has 0 saturated carbocycles. The topological polar surface area (TPSA) is 133 Å². The Labute approximate surface area is 310 Å². The van der Waals surface area contributed by atoms with Gasteiger partial charge in [0.2, 0.25) is 9.84 Å². The number of hydrogen-bond donors (Lipinski definition) is 0. The van der Waals surface area contributed by atoms with Crippen LogP contribution >= 0.6 is 0 Å². The first-order valence-corrected chi connectivity index (χ1v) is 18.4. The van der Waals surface area contributed by atoms with E-state index in [1.807, 2.05) is 31.2 Å². The van der Waals surface area contributed by atoms with E-state index in [0.29, 0.717) is 45.6 Å². The van der Waals surface area contributed by atoms with Crippen LogP contribution in [0.5, 0.6) is 34.5 Å². The van der Waals surface area contributed by atoms with Gasteiger partial charge in [-0.15, -0.1) is 0 Å². The highest BCUT2D eigenvalue weighted by Gasteiger charge is 2.38. The summed E-state index contributed by atoms with van der Waals surface area (Å²) in [6.07, 6.45) is 0. The standard InChI is InChI=1S/C43H29NO9S/c1-25-3-7-28(8-4-25)51-30-11-17-34(18-12-30)54(49,50)35-19-13-31(14-20-35)52-29-9-5-27(6-10-29)44-42(47)37-22-16-33(24-39(37)43(44)48)53-32-15-21-36-38(23-32)41(46)26(2)40(36)45/h3-24,26H,1-2H3. The van der Waals surface area contributed by atoms with Crippen molar-refractivity contribution in [3.63, 3.8) is 0 Å². The zero-order chi connectivity index (χ0) is 37.7. The Balaban J connectivity index is 0.917. The molecule has 8 rings (SSSR count). The van der Waals surface area contributed by atoms with E-state index < -0.39 is 27.6 Å². The molecule has 1 aliphatic carbocycles. The highest BCUT2D eigenvalue weighted by Crippen LogP contribution is 2.36. The van der Waals surface area contributed by atoms with E-state index in [9.17, 15) is 27.6 Å². The number of fused-ring (bicyclic) bond motifs is 2. The van der Waals surface area contributed by atoms with Gasteiger partial charge in [0.15, 0.2) is 11.6 Å². The van der Waals surface area contributed by atoms with Crippen molar-refractivity contribution in [2.45, 2.75) is 23.6 Å². The SMILES string of the molecule is Cc1ccc(Oc2ccc(S(=O)(=O)c3ccc(Oc4ccc(N5C(=O)c6ccc(Oc7ccc8c(c7)C(=O)C(C)C8=O)cc6C5=O)cc4)cc3)cc2)cc1. The monoisotopic (exact) mass is 735 g/mol. The third-order valence-electron chi connectivity index (χ3n) is 9.26. The van der Waals surface area contributed by atoms with E-state index in [1.165, 1.54) is 42.5 Å². The van der Waals surface area contributed by atoms with E-state index in [1.54, 1.807) is 73.7 Å². The lowest BCUT2D eigenvalue weighted by Crippen LogP contribution is -2.29. The molecule has 266 valence electrons. The lowest BCUT2D eigenvalue weighted by Gasteiger charge is -2.14. The fourth-order valence-electron chi connectivity index (χ4n) is 6.30. The molecule has 2 aliphatic rings. The highest BCUT2D eigenvalue weighted by atomic mass is 32.2. The summed E-state index contributed by atoms with van der Waals surface area (Å²) in [4.78, 5) is 52.8. The molecular weight excluding hydrogens is 707 g/mol. The molecule has 2 amide bonds. The molecule has 1 unspecified atom stereocenters. The molecule has 1 aliphatic heterocycles. The van der Waals surface area contributed by atoms with Gasteiger partial charge in [0.25, 0.3) is 11.8 Å². The predicted octanol–water partition coefficient (Wildman–Crippen LogP) is 9.02. The highest BCUT2D eigenvalue weighted by molar-refractivity contribution is 7.91. The van der Waals surface area contributed by atoms with Crippen LogP contribution in [-0.2, 0) is 9.84 Å². The Morgan fingerprint density at radius 3 is 1.39 bits per heavy atom.